The molecule has 0 aromatic carbocycles. The van der Waals surface area contributed by atoms with Crippen LogP contribution in [0.25, 0.3) is 0 Å². The molecular formula is C13H19N5. The molecular weight excluding hydrogens is 226 g/mol. The van der Waals surface area contributed by atoms with Crippen LogP contribution in [0.2, 0.25) is 0 Å². The Kier molecular flexibility index (Phi) is 4.30. The first-order valence-electron chi connectivity index (χ1n) is 6.15. The maximum atomic E-state index is 5.51. The highest BCUT2D eigenvalue weighted by Gasteiger charge is 2.04. The van der Waals surface area contributed by atoms with Gasteiger partial charge in [0.15, 0.2) is 0 Å². The van der Waals surface area contributed by atoms with Crippen LogP contribution < -0.4 is 10.6 Å². The molecule has 0 amide bonds. The molecule has 0 fully saturated rings. The molecule has 0 saturated carbocycles. The van der Waals surface area contributed by atoms with E-state index >= 15 is 0 Å². The van der Waals surface area contributed by atoms with Crippen molar-refractivity contribution in [3.05, 3.63) is 42.1 Å². The summed E-state index contributed by atoms with van der Waals surface area (Å²) in [6.45, 7) is 1.50. The second kappa shape index (κ2) is 6.16. The third-order valence-electron chi connectivity index (χ3n) is 2.83. The Labute approximate surface area is 107 Å². The van der Waals surface area contributed by atoms with E-state index in [0.29, 0.717) is 6.54 Å². The van der Waals surface area contributed by atoms with Gasteiger partial charge < -0.3 is 15.6 Å². The number of H-pyrrole nitrogens is 1. The van der Waals surface area contributed by atoms with Crippen molar-refractivity contribution in [2.24, 2.45) is 5.73 Å². The first-order valence-corrected chi connectivity index (χ1v) is 6.15. The van der Waals surface area contributed by atoms with Gasteiger partial charge in [0.25, 0.3) is 0 Å². The van der Waals surface area contributed by atoms with E-state index in [0.717, 1.165) is 31.0 Å². The van der Waals surface area contributed by atoms with Crippen LogP contribution in [0.1, 0.15) is 11.5 Å². The molecule has 2 rings (SSSR count). The molecule has 5 heteroatoms. The van der Waals surface area contributed by atoms with Gasteiger partial charge in [-0.3, -0.25) is 0 Å². The van der Waals surface area contributed by atoms with Gasteiger partial charge in [-0.05, 0) is 24.7 Å². The van der Waals surface area contributed by atoms with Crippen LogP contribution in [0, 0.1) is 0 Å². The molecule has 96 valence electrons. The zero-order chi connectivity index (χ0) is 12.8. The third kappa shape index (κ3) is 3.30. The largest absolute Gasteiger partial charge is 0.365 e. The van der Waals surface area contributed by atoms with E-state index in [-0.39, 0.29) is 0 Å². The average Bonchev–Trinajstić information content (AvgIpc) is 2.90. The molecule has 0 aliphatic heterocycles. The summed E-state index contributed by atoms with van der Waals surface area (Å²) in [4.78, 5) is 14.0. The van der Waals surface area contributed by atoms with E-state index in [2.05, 4.69) is 25.9 Å². The molecule has 0 saturated heterocycles. The van der Waals surface area contributed by atoms with Crippen LogP contribution in [0.4, 0.5) is 5.82 Å². The zero-order valence-electron chi connectivity index (χ0n) is 10.6. The number of nitrogens with zero attached hydrogens (tertiary/aromatic N) is 3. The number of aromatic amines is 1. The molecule has 2 aromatic heterocycles. The van der Waals surface area contributed by atoms with E-state index in [9.17, 15) is 0 Å². The zero-order valence-corrected chi connectivity index (χ0v) is 10.6. The second-order valence-corrected chi connectivity index (χ2v) is 4.24. The second-order valence-electron chi connectivity index (χ2n) is 4.24. The number of nitrogens with one attached hydrogen (secondary N) is 1. The molecule has 3 N–H and O–H groups in total. The highest BCUT2D eigenvalue weighted by Crippen LogP contribution is 2.09. The Morgan fingerprint density at radius 3 is 2.94 bits per heavy atom. The van der Waals surface area contributed by atoms with Crippen molar-refractivity contribution in [1.29, 1.82) is 0 Å². The van der Waals surface area contributed by atoms with Gasteiger partial charge in [0.2, 0.25) is 0 Å². The van der Waals surface area contributed by atoms with Gasteiger partial charge in [-0.15, -0.1) is 0 Å². The predicted octanol–water partition coefficient (Wildman–Crippen LogP) is 0.985. The number of rotatable bonds is 6. The topological polar surface area (TPSA) is 70.8 Å². The minimum Gasteiger partial charge on any atom is -0.365 e. The first-order chi connectivity index (χ1) is 8.79. The lowest BCUT2D eigenvalue weighted by atomic mass is 10.3. The average molecular weight is 245 g/mol. The van der Waals surface area contributed by atoms with Gasteiger partial charge in [-0.2, -0.15) is 0 Å². The summed E-state index contributed by atoms with van der Waals surface area (Å²) in [6.07, 6.45) is 5.43. The molecule has 0 bridgehead atoms. The Morgan fingerprint density at radius 1 is 1.33 bits per heavy atom. The summed E-state index contributed by atoms with van der Waals surface area (Å²) in [6, 6.07) is 6.03. The van der Waals surface area contributed by atoms with Gasteiger partial charge in [-0.1, -0.05) is 0 Å². The quantitative estimate of drug-likeness (QED) is 0.796. The van der Waals surface area contributed by atoms with Crippen LogP contribution >= 0.6 is 0 Å². The van der Waals surface area contributed by atoms with Crippen molar-refractivity contribution in [2.45, 2.75) is 12.8 Å². The van der Waals surface area contributed by atoms with Crippen LogP contribution in [0.15, 0.2) is 30.6 Å². The number of nitrogens with two attached hydrogens (primary N) is 1. The maximum Gasteiger partial charge on any atom is 0.131 e. The fourth-order valence-electron chi connectivity index (χ4n) is 1.78. The van der Waals surface area contributed by atoms with Gasteiger partial charge in [0, 0.05) is 44.5 Å². The van der Waals surface area contributed by atoms with E-state index < -0.39 is 0 Å². The summed E-state index contributed by atoms with van der Waals surface area (Å²) >= 11 is 0. The molecule has 0 aliphatic rings. The van der Waals surface area contributed by atoms with Gasteiger partial charge >= 0.3 is 0 Å². The number of anilines is 1. The van der Waals surface area contributed by atoms with Crippen molar-refractivity contribution >= 4 is 5.82 Å². The highest BCUT2D eigenvalue weighted by molar-refractivity contribution is 5.36. The lowest BCUT2D eigenvalue weighted by Crippen LogP contribution is -2.22. The van der Waals surface area contributed by atoms with E-state index in [4.69, 9.17) is 5.73 Å². The minimum absolute atomic E-state index is 0.579. The van der Waals surface area contributed by atoms with Crippen LogP contribution in [-0.2, 0) is 12.8 Å². The lowest BCUT2D eigenvalue weighted by molar-refractivity contribution is 0.813. The van der Waals surface area contributed by atoms with Crippen LogP contribution in [0.3, 0.4) is 0 Å². The number of hydrogen-bond acceptors (Lipinski definition) is 4. The van der Waals surface area contributed by atoms with Crippen LogP contribution in [0.5, 0.6) is 0 Å². The van der Waals surface area contributed by atoms with Gasteiger partial charge in [-0.25, -0.2) is 9.97 Å². The molecule has 0 atom stereocenters. The SMILES string of the molecule is CN(CCc1ccc[nH]1)c1ccnc(CCN)n1. The smallest absolute Gasteiger partial charge is 0.131 e. The molecule has 0 spiro atoms. The molecule has 18 heavy (non-hydrogen) atoms. The van der Waals surface area contributed by atoms with E-state index in [1.54, 1.807) is 6.20 Å². The van der Waals surface area contributed by atoms with E-state index in [1.807, 2.05) is 25.4 Å². The summed E-state index contributed by atoms with van der Waals surface area (Å²) < 4.78 is 0. The summed E-state index contributed by atoms with van der Waals surface area (Å²) in [5, 5.41) is 0. The molecule has 2 aromatic rings. The van der Waals surface area contributed by atoms with Crippen molar-refractivity contribution in [1.82, 2.24) is 15.0 Å². The summed E-state index contributed by atoms with van der Waals surface area (Å²) in [5.41, 5.74) is 6.75. The highest BCUT2D eigenvalue weighted by atomic mass is 15.2. The Morgan fingerprint density at radius 2 is 2.22 bits per heavy atom. The molecule has 0 unspecified atom stereocenters. The van der Waals surface area contributed by atoms with Crippen molar-refractivity contribution in [3.63, 3.8) is 0 Å². The Hall–Kier alpha value is -1.88. The number of hydrogen-bond donors (Lipinski definition) is 2. The van der Waals surface area contributed by atoms with Gasteiger partial charge in [0.1, 0.15) is 11.6 Å². The molecule has 5 nitrogen and oxygen atoms in total. The van der Waals surface area contributed by atoms with Crippen molar-refractivity contribution in [3.8, 4) is 0 Å². The normalized spacial score (nSPS) is 10.6. The van der Waals surface area contributed by atoms with Crippen LogP contribution in [-0.4, -0.2) is 35.1 Å². The Bertz CT molecular complexity index is 466. The molecule has 0 aliphatic carbocycles. The monoisotopic (exact) mass is 245 g/mol. The van der Waals surface area contributed by atoms with Crippen molar-refractivity contribution in [2.75, 3.05) is 25.0 Å². The standard InChI is InChI=1S/C13H19N5/c1-18(10-6-11-3-2-8-15-11)13-5-9-16-12(17-13)4-7-14/h2-3,5,8-9,15H,4,6-7,10,14H2,1H3. The maximum absolute atomic E-state index is 5.51. The number of likely N-dealkylation sites (N-methyl/N-ethyl adjacent to an activating group) is 1. The van der Waals surface area contributed by atoms with Gasteiger partial charge in [0.05, 0.1) is 0 Å². The lowest BCUT2D eigenvalue weighted by Gasteiger charge is -2.18. The first kappa shape index (κ1) is 12.6. The Balaban J connectivity index is 1.95. The van der Waals surface area contributed by atoms with Crippen molar-refractivity contribution < 1.29 is 0 Å². The molecule has 0 radical (unpaired) electrons. The molecule has 2 heterocycles. The summed E-state index contributed by atoms with van der Waals surface area (Å²) in [5.74, 6) is 1.75. The minimum atomic E-state index is 0.579. The fourth-order valence-corrected chi connectivity index (χ4v) is 1.78. The predicted molar refractivity (Wildman–Crippen MR) is 72.6 cm³/mol. The van der Waals surface area contributed by atoms with E-state index in [1.165, 1.54) is 5.69 Å². The third-order valence-corrected chi connectivity index (χ3v) is 2.83. The number of aromatic nitrogens is 3. The fraction of sp³-hybridized carbons (Fsp3) is 0.385. The summed E-state index contributed by atoms with van der Waals surface area (Å²) in [7, 11) is 2.04.